The average molecular weight is 462 g/mol. The number of nitrogens with zero attached hydrogens (tertiary/aromatic N) is 1. The molecule has 0 aromatic heterocycles. The maximum absolute atomic E-state index is 12.8. The highest BCUT2D eigenvalue weighted by atomic mass is 32.2. The summed E-state index contributed by atoms with van der Waals surface area (Å²) in [5.41, 5.74) is 1.58. The van der Waals surface area contributed by atoms with Crippen molar-refractivity contribution in [3.63, 3.8) is 0 Å². The van der Waals surface area contributed by atoms with Gasteiger partial charge in [-0.3, -0.25) is 0 Å². The Labute approximate surface area is 188 Å². The Morgan fingerprint density at radius 3 is 2.62 bits per heavy atom. The summed E-state index contributed by atoms with van der Waals surface area (Å²) in [4.78, 5) is 12.3. The van der Waals surface area contributed by atoms with Crippen molar-refractivity contribution in [2.24, 2.45) is 0 Å². The quantitative estimate of drug-likeness (QED) is 0.397. The third-order valence-corrected chi connectivity index (χ3v) is 6.75. The Balaban J connectivity index is 1.56. The maximum Gasteiger partial charge on any atom is 0.344 e. The molecule has 0 saturated carbocycles. The van der Waals surface area contributed by atoms with E-state index in [1.54, 1.807) is 24.3 Å². The molecule has 172 valence electrons. The predicted octanol–water partition coefficient (Wildman–Crippen LogP) is 2.57. The standard InChI is InChI=1S/C23H27NO7S/c1-3-5-18-8-9-21(22(15-18)28-2)30-17-23(25)31-16-19-6-4-7-20(14-19)32(26,27)24-10-12-29-13-11-24/h3-4,6-9,14-15H,1,5,10-13,16-17H2,2H3. The first kappa shape index (κ1) is 23.8. The minimum absolute atomic E-state index is 0.0654. The van der Waals surface area contributed by atoms with Crippen LogP contribution in [0.2, 0.25) is 0 Å². The summed E-state index contributed by atoms with van der Waals surface area (Å²) in [6, 6.07) is 11.8. The van der Waals surface area contributed by atoms with E-state index >= 15 is 0 Å². The Hall–Kier alpha value is -2.88. The fourth-order valence-electron chi connectivity index (χ4n) is 3.20. The molecule has 0 radical (unpaired) electrons. The van der Waals surface area contributed by atoms with Crippen molar-refractivity contribution >= 4 is 16.0 Å². The molecule has 1 aliphatic rings. The number of rotatable bonds is 10. The predicted molar refractivity (Wildman–Crippen MR) is 118 cm³/mol. The molecule has 0 bridgehead atoms. The number of allylic oxidation sites excluding steroid dienone is 1. The van der Waals surface area contributed by atoms with E-state index in [-0.39, 0.29) is 18.1 Å². The van der Waals surface area contributed by atoms with Gasteiger partial charge in [0.05, 0.1) is 25.2 Å². The lowest BCUT2D eigenvalue weighted by molar-refractivity contribution is -0.147. The largest absolute Gasteiger partial charge is 0.493 e. The molecule has 2 aromatic carbocycles. The van der Waals surface area contributed by atoms with Gasteiger partial charge in [-0.05, 0) is 41.8 Å². The lowest BCUT2D eigenvalue weighted by atomic mass is 10.1. The van der Waals surface area contributed by atoms with Gasteiger partial charge in [-0.1, -0.05) is 24.3 Å². The highest BCUT2D eigenvalue weighted by Gasteiger charge is 2.26. The zero-order chi connectivity index (χ0) is 23.0. The molecule has 1 fully saturated rings. The normalized spacial score (nSPS) is 14.5. The number of methoxy groups -OCH3 is 1. The molecule has 9 heteroatoms. The summed E-state index contributed by atoms with van der Waals surface area (Å²) in [6.45, 7) is 4.72. The summed E-state index contributed by atoms with van der Waals surface area (Å²) >= 11 is 0. The average Bonchev–Trinajstić information content (AvgIpc) is 2.82. The van der Waals surface area contributed by atoms with E-state index in [9.17, 15) is 13.2 Å². The third kappa shape index (κ3) is 6.09. The molecule has 2 aromatic rings. The Morgan fingerprint density at radius 1 is 1.12 bits per heavy atom. The molecule has 32 heavy (non-hydrogen) atoms. The fourth-order valence-corrected chi connectivity index (χ4v) is 4.68. The van der Waals surface area contributed by atoms with E-state index < -0.39 is 16.0 Å². The van der Waals surface area contributed by atoms with Crippen molar-refractivity contribution in [3.05, 3.63) is 66.2 Å². The van der Waals surface area contributed by atoms with Gasteiger partial charge in [0.25, 0.3) is 0 Å². The summed E-state index contributed by atoms with van der Waals surface area (Å²) in [7, 11) is -2.09. The summed E-state index contributed by atoms with van der Waals surface area (Å²) < 4.78 is 48.3. The van der Waals surface area contributed by atoms with Crippen molar-refractivity contribution in [2.75, 3.05) is 40.0 Å². The molecule has 8 nitrogen and oxygen atoms in total. The maximum atomic E-state index is 12.8. The molecule has 0 atom stereocenters. The van der Waals surface area contributed by atoms with Crippen LogP contribution in [0.15, 0.2) is 60.0 Å². The smallest absolute Gasteiger partial charge is 0.344 e. The number of morpholine rings is 1. The van der Waals surface area contributed by atoms with Crippen LogP contribution < -0.4 is 9.47 Å². The zero-order valence-corrected chi connectivity index (χ0v) is 18.8. The van der Waals surface area contributed by atoms with Crippen molar-refractivity contribution in [2.45, 2.75) is 17.9 Å². The van der Waals surface area contributed by atoms with Gasteiger partial charge in [0.1, 0.15) is 6.61 Å². The van der Waals surface area contributed by atoms with Crippen LogP contribution in [0.3, 0.4) is 0 Å². The van der Waals surface area contributed by atoms with E-state index in [0.29, 0.717) is 49.8 Å². The van der Waals surface area contributed by atoms with Gasteiger partial charge in [0.2, 0.25) is 10.0 Å². The summed E-state index contributed by atoms with van der Waals surface area (Å²) in [6.07, 6.45) is 2.48. The van der Waals surface area contributed by atoms with Gasteiger partial charge in [-0.2, -0.15) is 4.31 Å². The number of hydrogen-bond acceptors (Lipinski definition) is 7. The highest BCUT2D eigenvalue weighted by molar-refractivity contribution is 7.89. The molecule has 3 rings (SSSR count). The molecular weight excluding hydrogens is 434 g/mol. The highest BCUT2D eigenvalue weighted by Crippen LogP contribution is 2.28. The Morgan fingerprint density at radius 2 is 1.91 bits per heavy atom. The van der Waals surface area contributed by atoms with Crippen LogP contribution in [-0.4, -0.2) is 58.7 Å². The fraction of sp³-hybridized carbons (Fsp3) is 0.348. The van der Waals surface area contributed by atoms with Crippen molar-refractivity contribution in [1.82, 2.24) is 4.31 Å². The topological polar surface area (TPSA) is 91.4 Å². The molecule has 1 saturated heterocycles. The van der Waals surface area contributed by atoms with Crippen LogP contribution >= 0.6 is 0 Å². The lowest BCUT2D eigenvalue weighted by Gasteiger charge is -2.26. The van der Waals surface area contributed by atoms with Crippen LogP contribution in [-0.2, 0) is 37.3 Å². The summed E-state index contributed by atoms with van der Waals surface area (Å²) in [5.74, 6) is 0.359. The zero-order valence-electron chi connectivity index (χ0n) is 18.0. The second-order valence-electron chi connectivity index (χ2n) is 7.09. The molecule has 0 amide bonds. The Kier molecular flexibility index (Phi) is 8.26. The number of sulfonamides is 1. The van der Waals surface area contributed by atoms with Crippen LogP contribution in [0, 0.1) is 0 Å². The molecule has 1 heterocycles. The number of hydrogen-bond donors (Lipinski definition) is 0. The molecule has 0 N–H and O–H groups in total. The first-order chi connectivity index (χ1) is 15.4. The minimum atomic E-state index is -3.62. The summed E-state index contributed by atoms with van der Waals surface area (Å²) in [5, 5.41) is 0. The van der Waals surface area contributed by atoms with Gasteiger partial charge in [-0.15, -0.1) is 6.58 Å². The number of carbonyl (C=O) groups excluding carboxylic acids is 1. The molecule has 1 aliphatic heterocycles. The van der Waals surface area contributed by atoms with Crippen molar-refractivity contribution < 1.29 is 32.2 Å². The van der Waals surface area contributed by atoms with Crippen molar-refractivity contribution in [3.8, 4) is 11.5 Å². The molecule has 0 spiro atoms. The number of esters is 1. The molecule has 0 unspecified atom stereocenters. The van der Waals surface area contributed by atoms with Gasteiger partial charge in [0.15, 0.2) is 18.1 Å². The van der Waals surface area contributed by atoms with Gasteiger partial charge < -0.3 is 18.9 Å². The first-order valence-electron chi connectivity index (χ1n) is 10.2. The van der Waals surface area contributed by atoms with Crippen LogP contribution in [0.5, 0.6) is 11.5 Å². The number of benzene rings is 2. The number of ether oxygens (including phenoxy) is 4. The van der Waals surface area contributed by atoms with E-state index in [1.807, 2.05) is 12.1 Å². The Bertz CT molecular complexity index is 1050. The number of carbonyl (C=O) groups is 1. The van der Waals surface area contributed by atoms with Crippen LogP contribution in [0.4, 0.5) is 0 Å². The van der Waals surface area contributed by atoms with E-state index in [2.05, 4.69) is 6.58 Å². The van der Waals surface area contributed by atoms with Gasteiger partial charge >= 0.3 is 5.97 Å². The SMILES string of the molecule is C=CCc1ccc(OCC(=O)OCc2cccc(S(=O)(=O)N3CCOCC3)c2)c(OC)c1. The molecular formula is C23H27NO7S. The van der Waals surface area contributed by atoms with E-state index in [4.69, 9.17) is 18.9 Å². The van der Waals surface area contributed by atoms with Gasteiger partial charge in [-0.25, -0.2) is 13.2 Å². The van der Waals surface area contributed by atoms with Gasteiger partial charge in [0, 0.05) is 13.1 Å². The second-order valence-corrected chi connectivity index (χ2v) is 9.03. The second kappa shape index (κ2) is 11.1. The minimum Gasteiger partial charge on any atom is -0.493 e. The van der Waals surface area contributed by atoms with E-state index in [1.165, 1.54) is 23.5 Å². The van der Waals surface area contributed by atoms with Crippen LogP contribution in [0.1, 0.15) is 11.1 Å². The third-order valence-electron chi connectivity index (χ3n) is 4.86. The van der Waals surface area contributed by atoms with E-state index in [0.717, 1.165) is 5.56 Å². The molecule has 0 aliphatic carbocycles. The van der Waals surface area contributed by atoms with Crippen LogP contribution in [0.25, 0.3) is 0 Å². The monoisotopic (exact) mass is 461 g/mol. The van der Waals surface area contributed by atoms with Crippen molar-refractivity contribution in [1.29, 1.82) is 0 Å². The lowest BCUT2D eigenvalue weighted by Crippen LogP contribution is -2.40. The first-order valence-corrected chi connectivity index (χ1v) is 11.6.